The molecule has 0 bridgehead atoms. The molecule has 0 spiro atoms. The van der Waals surface area contributed by atoms with Gasteiger partial charge in [0.15, 0.2) is 0 Å². The first kappa shape index (κ1) is 14.0. The molecular weight excluding hydrogens is 264 g/mol. The fourth-order valence-electron chi connectivity index (χ4n) is 0.979. The number of hydrogen-bond donors (Lipinski definition) is 2. The van der Waals surface area contributed by atoms with Gasteiger partial charge in [0.05, 0.1) is 5.02 Å². The van der Waals surface area contributed by atoms with E-state index in [1.165, 1.54) is 12.1 Å². The number of halogens is 1. The second kappa shape index (κ2) is 5.48. The van der Waals surface area contributed by atoms with Gasteiger partial charge in [0, 0.05) is 5.92 Å². The van der Waals surface area contributed by atoms with Crippen molar-refractivity contribution in [1.82, 2.24) is 10.3 Å². The van der Waals surface area contributed by atoms with Crippen molar-refractivity contribution in [3.8, 4) is 0 Å². The van der Waals surface area contributed by atoms with E-state index in [2.05, 4.69) is 5.43 Å². The van der Waals surface area contributed by atoms with E-state index < -0.39 is 15.9 Å². The van der Waals surface area contributed by atoms with Crippen molar-refractivity contribution < 1.29 is 13.2 Å². The number of hydrazine groups is 1. The van der Waals surface area contributed by atoms with Crippen LogP contribution in [-0.2, 0) is 14.8 Å². The lowest BCUT2D eigenvalue weighted by atomic mass is 10.2. The second-order valence-corrected chi connectivity index (χ2v) is 5.74. The first-order valence-corrected chi connectivity index (χ1v) is 6.77. The van der Waals surface area contributed by atoms with E-state index in [9.17, 15) is 13.2 Å². The normalized spacial score (nSPS) is 11.5. The summed E-state index contributed by atoms with van der Waals surface area (Å²) < 4.78 is 23.5. The molecule has 94 valence electrons. The van der Waals surface area contributed by atoms with Crippen LogP contribution in [0.2, 0.25) is 5.02 Å². The molecule has 0 heterocycles. The van der Waals surface area contributed by atoms with Gasteiger partial charge in [-0.15, -0.1) is 4.83 Å². The number of carbonyl (C=O) groups is 1. The van der Waals surface area contributed by atoms with Crippen molar-refractivity contribution in [1.29, 1.82) is 0 Å². The van der Waals surface area contributed by atoms with Crippen molar-refractivity contribution >= 4 is 27.5 Å². The van der Waals surface area contributed by atoms with Crippen molar-refractivity contribution in [3.05, 3.63) is 29.3 Å². The fraction of sp³-hybridized carbons (Fsp3) is 0.300. The van der Waals surface area contributed by atoms with E-state index >= 15 is 0 Å². The summed E-state index contributed by atoms with van der Waals surface area (Å²) >= 11 is 5.75. The molecule has 0 saturated heterocycles. The van der Waals surface area contributed by atoms with Crippen LogP contribution in [0.5, 0.6) is 0 Å². The third-order valence-corrected chi connectivity index (χ3v) is 3.71. The van der Waals surface area contributed by atoms with Gasteiger partial charge in [-0.05, 0) is 12.1 Å². The average molecular weight is 277 g/mol. The number of benzene rings is 1. The molecule has 0 fully saturated rings. The lowest BCUT2D eigenvalue weighted by Crippen LogP contribution is -2.43. The summed E-state index contributed by atoms with van der Waals surface area (Å²) in [5, 5.41) is 0.0961. The van der Waals surface area contributed by atoms with Gasteiger partial charge in [0.2, 0.25) is 5.91 Å². The Labute approximate surface area is 105 Å². The highest BCUT2D eigenvalue weighted by molar-refractivity contribution is 7.89. The minimum absolute atomic E-state index is 0.0780. The van der Waals surface area contributed by atoms with Crippen LogP contribution < -0.4 is 10.3 Å². The number of nitrogens with one attached hydrogen (secondary N) is 2. The highest BCUT2D eigenvalue weighted by Crippen LogP contribution is 2.19. The monoisotopic (exact) mass is 276 g/mol. The SMILES string of the molecule is CC(C)C(=O)NNS(=O)(=O)c1ccccc1Cl. The van der Waals surface area contributed by atoms with Crippen LogP contribution in [0.15, 0.2) is 29.2 Å². The van der Waals surface area contributed by atoms with Gasteiger partial charge < -0.3 is 0 Å². The molecule has 5 nitrogen and oxygen atoms in total. The lowest BCUT2D eigenvalue weighted by molar-refractivity contribution is -0.124. The Kier molecular flexibility index (Phi) is 4.50. The van der Waals surface area contributed by atoms with Gasteiger partial charge in [0.1, 0.15) is 4.90 Å². The smallest absolute Gasteiger partial charge is 0.258 e. The predicted molar refractivity (Wildman–Crippen MR) is 64.8 cm³/mol. The van der Waals surface area contributed by atoms with E-state index in [1.807, 2.05) is 4.83 Å². The largest absolute Gasteiger partial charge is 0.277 e. The Hall–Kier alpha value is -1.11. The number of hydrogen-bond acceptors (Lipinski definition) is 3. The van der Waals surface area contributed by atoms with Crippen LogP contribution in [0.1, 0.15) is 13.8 Å². The number of rotatable bonds is 4. The van der Waals surface area contributed by atoms with Crippen molar-refractivity contribution in [2.45, 2.75) is 18.7 Å². The molecule has 0 radical (unpaired) electrons. The number of carbonyl (C=O) groups excluding carboxylic acids is 1. The van der Waals surface area contributed by atoms with Crippen molar-refractivity contribution in [3.63, 3.8) is 0 Å². The van der Waals surface area contributed by atoms with Gasteiger partial charge in [0.25, 0.3) is 10.0 Å². The van der Waals surface area contributed by atoms with Crippen LogP contribution in [0, 0.1) is 5.92 Å². The molecule has 17 heavy (non-hydrogen) atoms. The third kappa shape index (κ3) is 3.69. The molecule has 0 aromatic heterocycles. The predicted octanol–water partition coefficient (Wildman–Crippen LogP) is 1.31. The maximum absolute atomic E-state index is 11.8. The van der Waals surface area contributed by atoms with E-state index in [0.29, 0.717) is 0 Å². The molecule has 0 saturated carbocycles. The Morgan fingerprint density at radius 2 is 1.88 bits per heavy atom. The van der Waals surface area contributed by atoms with Crippen molar-refractivity contribution in [2.75, 3.05) is 0 Å². The van der Waals surface area contributed by atoms with E-state index in [-0.39, 0.29) is 15.8 Å². The van der Waals surface area contributed by atoms with Crippen LogP contribution in [0.3, 0.4) is 0 Å². The summed E-state index contributed by atoms with van der Waals surface area (Å²) in [5.41, 5.74) is 2.11. The molecule has 7 heteroatoms. The standard InChI is InChI=1S/C10H13ClN2O3S/c1-7(2)10(14)12-13-17(15,16)9-6-4-3-5-8(9)11/h3-7,13H,1-2H3,(H,12,14). The number of amides is 1. The van der Waals surface area contributed by atoms with E-state index in [4.69, 9.17) is 11.6 Å². The topological polar surface area (TPSA) is 75.3 Å². The summed E-state index contributed by atoms with van der Waals surface area (Å²) in [4.78, 5) is 13.1. The summed E-state index contributed by atoms with van der Waals surface area (Å²) in [6, 6.07) is 5.98. The average Bonchev–Trinajstić information content (AvgIpc) is 2.26. The summed E-state index contributed by atoms with van der Waals surface area (Å²) in [7, 11) is -3.83. The summed E-state index contributed by atoms with van der Waals surface area (Å²) in [5.74, 6) is -0.732. The summed E-state index contributed by atoms with van der Waals surface area (Å²) in [6.07, 6.45) is 0. The van der Waals surface area contributed by atoms with Crippen LogP contribution in [0.25, 0.3) is 0 Å². The highest BCUT2D eigenvalue weighted by atomic mass is 35.5. The molecular formula is C10H13ClN2O3S. The Morgan fingerprint density at radius 3 is 2.41 bits per heavy atom. The Morgan fingerprint density at radius 1 is 1.29 bits per heavy atom. The Bertz CT molecular complexity index is 514. The fourth-order valence-corrected chi connectivity index (χ4v) is 2.35. The zero-order valence-electron chi connectivity index (χ0n) is 9.40. The van der Waals surface area contributed by atoms with Crippen LogP contribution >= 0.6 is 11.6 Å². The zero-order valence-corrected chi connectivity index (χ0v) is 11.0. The molecule has 0 atom stereocenters. The zero-order chi connectivity index (χ0) is 13.1. The summed E-state index contributed by atoms with van der Waals surface area (Å²) in [6.45, 7) is 3.30. The maximum atomic E-state index is 11.8. The molecule has 0 unspecified atom stereocenters. The molecule has 1 rings (SSSR count). The molecule has 2 N–H and O–H groups in total. The lowest BCUT2D eigenvalue weighted by Gasteiger charge is -2.10. The molecule has 1 amide bonds. The van der Waals surface area contributed by atoms with Gasteiger partial charge >= 0.3 is 0 Å². The number of sulfonamides is 1. The molecule has 1 aromatic carbocycles. The Balaban J connectivity index is 2.84. The maximum Gasteiger partial charge on any atom is 0.258 e. The van der Waals surface area contributed by atoms with Gasteiger partial charge in [-0.25, -0.2) is 8.42 Å². The first-order valence-electron chi connectivity index (χ1n) is 4.91. The minimum Gasteiger partial charge on any atom is -0.277 e. The molecule has 0 aliphatic rings. The quantitative estimate of drug-likeness (QED) is 0.814. The minimum atomic E-state index is -3.83. The first-order chi connectivity index (χ1) is 7.84. The van der Waals surface area contributed by atoms with Gasteiger partial charge in [-0.2, -0.15) is 0 Å². The third-order valence-electron chi connectivity index (χ3n) is 1.96. The van der Waals surface area contributed by atoms with E-state index in [0.717, 1.165) is 0 Å². The molecule has 0 aliphatic carbocycles. The molecule has 0 aliphatic heterocycles. The molecule has 1 aromatic rings. The van der Waals surface area contributed by atoms with Gasteiger partial charge in [-0.3, -0.25) is 10.2 Å². The van der Waals surface area contributed by atoms with Crippen LogP contribution in [-0.4, -0.2) is 14.3 Å². The highest BCUT2D eigenvalue weighted by Gasteiger charge is 2.18. The van der Waals surface area contributed by atoms with Crippen molar-refractivity contribution in [2.24, 2.45) is 5.92 Å². The van der Waals surface area contributed by atoms with Gasteiger partial charge in [-0.1, -0.05) is 37.6 Å². The second-order valence-electron chi connectivity index (χ2n) is 3.68. The van der Waals surface area contributed by atoms with Crippen LogP contribution in [0.4, 0.5) is 0 Å². The van der Waals surface area contributed by atoms with E-state index in [1.54, 1.807) is 26.0 Å².